The third-order valence-electron chi connectivity index (χ3n) is 6.26. The van der Waals surface area contributed by atoms with Crippen LogP contribution in [0.25, 0.3) is 0 Å². The normalized spacial score (nSPS) is 28.4. The fraction of sp³-hybridized carbons (Fsp3) is 0.379. The summed E-state index contributed by atoms with van der Waals surface area (Å²) in [6.07, 6.45) is -1.60. The van der Waals surface area contributed by atoms with Gasteiger partial charge in [0.2, 0.25) is 0 Å². The van der Waals surface area contributed by atoms with E-state index in [4.69, 9.17) is 23.7 Å². The molecule has 5 rings (SSSR count). The van der Waals surface area contributed by atoms with Crippen LogP contribution in [0.1, 0.15) is 29.9 Å². The van der Waals surface area contributed by atoms with E-state index in [0.717, 1.165) is 22.4 Å². The molecule has 0 aromatic heterocycles. The fourth-order valence-corrected chi connectivity index (χ4v) is 5.50. The second kappa shape index (κ2) is 12.2. The standard InChI is InChI=1S/C29H32O5S/c1-2-35-29-27(31-19-22-14-8-4-9-15-22)26(30-18-21-12-6-3-7-13-21)25-24(33-29)20-32-28(34-25)23-16-10-5-11-17-23/h3-17,24-29H,2,18-20H2,1H3/t24?,25-,26?,27?,28?,29-/m1/s1. The third-order valence-corrected chi connectivity index (χ3v) is 7.30. The Morgan fingerprint density at radius 3 is 1.91 bits per heavy atom. The second-order valence-electron chi connectivity index (χ2n) is 8.70. The molecule has 0 spiro atoms. The van der Waals surface area contributed by atoms with Gasteiger partial charge < -0.3 is 23.7 Å². The Hall–Kier alpha value is -2.19. The molecule has 2 saturated heterocycles. The molecule has 2 aliphatic heterocycles. The van der Waals surface area contributed by atoms with Crippen molar-refractivity contribution in [1.29, 1.82) is 0 Å². The highest BCUT2D eigenvalue weighted by Crippen LogP contribution is 2.39. The van der Waals surface area contributed by atoms with Crippen LogP contribution in [0.2, 0.25) is 0 Å². The van der Waals surface area contributed by atoms with Crippen molar-refractivity contribution < 1.29 is 23.7 Å². The van der Waals surface area contributed by atoms with Gasteiger partial charge in [-0.15, -0.1) is 11.8 Å². The largest absolute Gasteiger partial charge is 0.368 e. The van der Waals surface area contributed by atoms with E-state index in [9.17, 15) is 0 Å². The molecule has 3 aromatic carbocycles. The van der Waals surface area contributed by atoms with Gasteiger partial charge in [0, 0.05) is 5.56 Å². The van der Waals surface area contributed by atoms with Crippen molar-refractivity contribution in [3.63, 3.8) is 0 Å². The van der Waals surface area contributed by atoms with Crippen LogP contribution < -0.4 is 0 Å². The number of hydrogen-bond acceptors (Lipinski definition) is 6. The highest BCUT2D eigenvalue weighted by atomic mass is 32.2. The monoisotopic (exact) mass is 492 g/mol. The Labute approximate surface area is 211 Å². The summed E-state index contributed by atoms with van der Waals surface area (Å²) in [7, 11) is 0. The molecule has 4 unspecified atom stereocenters. The molecule has 2 fully saturated rings. The first-order chi connectivity index (χ1) is 17.3. The van der Waals surface area contributed by atoms with Crippen molar-refractivity contribution in [3.8, 4) is 0 Å². The summed E-state index contributed by atoms with van der Waals surface area (Å²) in [5.41, 5.74) is 3.04. The Kier molecular flexibility index (Phi) is 8.52. The number of rotatable bonds is 9. The summed E-state index contributed by atoms with van der Waals surface area (Å²) in [6.45, 7) is 3.54. The molecule has 3 aromatic rings. The van der Waals surface area contributed by atoms with E-state index in [1.165, 1.54) is 0 Å². The Balaban J connectivity index is 1.40. The quantitative estimate of drug-likeness (QED) is 0.379. The lowest BCUT2D eigenvalue weighted by molar-refractivity contribution is -0.329. The molecule has 0 amide bonds. The molecule has 2 heterocycles. The van der Waals surface area contributed by atoms with Crippen molar-refractivity contribution in [2.24, 2.45) is 0 Å². The van der Waals surface area contributed by atoms with E-state index < -0.39 is 6.29 Å². The molecular weight excluding hydrogens is 460 g/mol. The summed E-state index contributed by atoms with van der Waals surface area (Å²) < 4.78 is 32.2. The first-order valence-electron chi connectivity index (χ1n) is 12.2. The predicted molar refractivity (Wildman–Crippen MR) is 137 cm³/mol. The van der Waals surface area contributed by atoms with Crippen molar-refractivity contribution in [2.45, 2.75) is 56.3 Å². The topological polar surface area (TPSA) is 46.2 Å². The molecule has 0 aliphatic carbocycles. The lowest BCUT2D eigenvalue weighted by atomic mass is 9.98. The van der Waals surface area contributed by atoms with Gasteiger partial charge in [-0.1, -0.05) is 97.9 Å². The zero-order chi connectivity index (χ0) is 23.9. The summed E-state index contributed by atoms with van der Waals surface area (Å²) >= 11 is 1.74. The van der Waals surface area contributed by atoms with Gasteiger partial charge in [0.1, 0.15) is 29.9 Å². The summed E-state index contributed by atoms with van der Waals surface area (Å²) in [4.78, 5) is 0. The minimum absolute atomic E-state index is 0.175. The fourth-order valence-electron chi connectivity index (χ4n) is 4.52. The summed E-state index contributed by atoms with van der Waals surface area (Å²) in [6, 6.07) is 30.5. The van der Waals surface area contributed by atoms with E-state index in [2.05, 4.69) is 31.2 Å². The number of thioether (sulfide) groups is 1. The van der Waals surface area contributed by atoms with Crippen molar-refractivity contribution >= 4 is 11.8 Å². The molecule has 0 bridgehead atoms. The molecule has 0 saturated carbocycles. The van der Waals surface area contributed by atoms with Crippen molar-refractivity contribution in [1.82, 2.24) is 0 Å². The van der Waals surface area contributed by atoms with Gasteiger partial charge in [0.15, 0.2) is 6.29 Å². The van der Waals surface area contributed by atoms with Gasteiger partial charge in [0.05, 0.1) is 19.8 Å². The second-order valence-corrected chi connectivity index (χ2v) is 10.1. The molecule has 2 aliphatic rings. The van der Waals surface area contributed by atoms with Gasteiger partial charge in [-0.05, 0) is 16.9 Å². The van der Waals surface area contributed by atoms with Crippen LogP contribution in [-0.4, -0.2) is 42.2 Å². The van der Waals surface area contributed by atoms with Crippen LogP contribution in [-0.2, 0) is 36.9 Å². The molecule has 6 atom stereocenters. The maximum atomic E-state index is 6.60. The lowest BCUT2D eigenvalue weighted by Crippen LogP contribution is -2.62. The van der Waals surface area contributed by atoms with Crippen molar-refractivity contribution in [2.75, 3.05) is 12.4 Å². The lowest BCUT2D eigenvalue weighted by Gasteiger charge is -2.49. The predicted octanol–water partition coefficient (Wildman–Crippen LogP) is 5.75. The average Bonchev–Trinajstić information content (AvgIpc) is 2.92. The van der Waals surface area contributed by atoms with Crippen LogP contribution in [0.15, 0.2) is 91.0 Å². The SMILES string of the molecule is CCS[C@H]1OC2COC(c3ccccc3)O[C@H]2C(OCc2ccccc2)C1OCc1ccccc1. The molecule has 0 N–H and O–H groups in total. The van der Waals surface area contributed by atoms with Crippen LogP contribution >= 0.6 is 11.8 Å². The first kappa shape index (κ1) is 24.5. The van der Waals surface area contributed by atoms with Crippen LogP contribution in [0.5, 0.6) is 0 Å². The van der Waals surface area contributed by atoms with E-state index in [-0.39, 0.29) is 29.9 Å². The highest BCUT2D eigenvalue weighted by molar-refractivity contribution is 7.99. The van der Waals surface area contributed by atoms with E-state index >= 15 is 0 Å². The maximum absolute atomic E-state index is 6.60. The average molecular weight is 493 g/mol. The molecule has 5 nitrogen and oxygen atoms in total. The minimum Gasteiger partial charge on any atom is -0.368 e. The van der Waals surface area contributed by atoms with Gasteiger partial charge in [0.25, 0.3) is 0 Å². The molecule has 0 radical (unpaired) electrons. The van der Waals surface area contributed by atoms with E-state index in [1.807, 2.05) is 66.7 Å². The Morgan fingerprint density at radius 2 is 1.31 bits per heavy atom. The third kappa shape index (κ3) is 6.15. The zero-order valence-corrected chi connectivity index (χ0v) is 20.7. The molecule has 6 heteroatoms. The number of ether oxygens (including phenoxy) is 5. The Bertz CT molecular complexity index is 1020. The minimum atomic E-state index is -0.464. The smallest absolute Gasteiger partial charge is 0.184 e. The van der Waals surface area contributed by atoms with Crippen molar-refractivity contribution in [3.05, 3.63) is 108 Å². The molecular formula is C29H32O5S. The molecule has 184 valence electrons. The highest BCUT2D eigenvalue weighted by Gasteiger charge is 2.51. The zero-order valence-electron chi connectivity index (χ0n) is 19.9. The van der Waals surface area contributed by atoms with Crippen LogP contribution in [0.3, 0.4) is 0 Å². The van der Waals surface area contributed by atoms with Crippen LogP contribution in [0, 0.1) is 0 Å². The molecule has 35 heavy (non-hydrogen) atoms. The first-order valence-corrected chi connectivity index (χ1v) is 13.3. The van der Waals surface area contributed by atoms with Gasteiger partial charge >= 0.3 is 0 Å². The Morgan fingerprint density at radius 1 is 0.743 bits per heavy atom. The van der Waals surface area contributed by atoms with E-state index in [0.29, 0.717) is 19.8 Å². The van der Waals surface area contributed by atoms with Crippen LogP contribution in [0.4, 0.5) is 0 Å². The number of hydrogen-bond donors (Lipinski definition) is 0. The summed E-state index contributed by atoms with van der Waals surface area (Å²) in [5, 5.41) is 0. The number of fused-ring (bicyclic) bond motifs is 1. The number of benzene rings is 3. The maximum Gasteiger partial charge on any atom is 0.184 e. The van der Waals surface area contributed by atoms with Gasteiger partial charge in [-0.3, -0.25) is 0 Å². The van der Waals surface area contributed by atoms with Gasteiger partial charge in [-0.25, -0.2) is 0 Å². The van der Waals surface area contributed by atoms with Gasteiger partial charge in [-0.2, -0.15) is 0 Å². The van der Waals surface area contributed by atoms with E-state index in [1.54, 1.807) is 11.8 Å². The summed E-state index contributed by atoms with van der Waals surface area (Å²) in [5.74, 6) is 0.910.